The second kappa shape index (κ2) is 11.2. The summed E-state index contributed by atoms with van der Waals surface area (Å²) in [5, 5.41) is 12.3. The molecule has 4 N–H and O–H groups in total. The average Bonchev–Trinajstić information content (AvgIpc) is 2.50. The third-order valence-electron chi connectivity index (χ3n) is 2.80. The van der Waals surface area contributed by atoms with Crippen molar-refractivity contribution in [3.8, 4) is 5.75 Å². The van der Waals surface area contributed by atoms with Crippen LogP contribution in [0, 0.1) is 5.82 Å². The largest absolute Gasteiger partial charge is 0.491 e. The first kappa shape index (κ1) is 20.6. The Morgan fingerprint density at radius 3 is 2.59 bits per heavy atom. The Morgan fingerprint density at radius 2 is 2.05 bits per heavy atom. The number of aliphatic hydroxyl groups is 1. The van der Waals surface area contributed by atoms with Gasteiger partial charge in [-0.05, 0) is 24.3 Å². The van der Waals surface area contributed by atoms with E-state index in [9.17, 15) is 14.3 Å². The summed E-state index contributed by atoms with van der Waals surface area (Å²) in [6.45, 7) is 0.303. The van der Waals surface area contributed by atoms with Crippen LogP contribution in [0.3, 0.4) is 0 Å². The molecule has 22 heavy (non-hydrogen) atoms. The third kappa shape index (κ3) is 8.14. The highest BCUT2D eigenvalue weighted by Gasteiger charge is 2.13. The smallest absolute Gasteiger partial charge is 0.222 e. The number of carbonyl (C=O) groups excluding carboxylic acids is 1. The number of carbonyl (C=O) groups is 1. The second-order valence-electron chi connectivity index (χ2n) is 4.52. The van der Waals surface area contributed by atoms with E-state index in [4.69, 9.17) is 15.2 Å². The number of rotatable bonds is 9. The zero-order valence-corrected chi connectivity index (χ0v) is 13.1. The minimum absolute atomic E-state index is 0. The van der Waals surface area contributed by atoms with Gasteiger partial charge in [-0.2, -0.15) is 0 Å². The van der Waals surface area contributed by atoms with Crippen LogP contribution in [-0.2, 0) is 9.53 Å². The van der Waals surface area contributed by atoms with Crippen molar-refractivity contribution < 1.29 is 23.8 Å². The molecular weight excluding hydrogens is 315 g/mol. The Morgan fingerprint density at radius 1 is 1.41 bits per heavy atom. The summed E-state index contributed by atoms with van der Waals surface area (Å²) in [4.78, 5) is 11.5. The van der Waals surface area contributed by atoms with Crippen molar-refractivity contribution in [1.29, 1.82) is 0 Å². The minimum Gasteiger partial charge on any atom is -0.491 e. The van der Waals surface area contributed by atoms with Gasteiger partial charge in [-0.3, -0.25) is 4.79 Å². The number of nitrogens with one attached hydrogen (secondary N) is 1. The zero-order valence-electron chi connectivity index (χ0n) is 12.3. The summed E-state index contributed by atoms with van der Waals surface area (Å²) >= 11 is 0. The predicted octanol–water partition coefficient (Wildman–Crippen LogP) is 0.467. The molecule has 126 valence electrons. The number of ether oxygens (including phenoxy) is 2. The number of hydrogen-bond acceptors (Lipinski definition) is 5. The van der Waals surface area contributed by atoms with E-state index in [1.807, 2.05) is 0 Å². The molecule has 0 fully saturated rings. The molecule has 2 atom stereocenters. The maximum Gasteiger partial charge on any atom is 0.222 e. The first-order chi connectivity index (χ1) is 10.0. The van der Waals surface area contributed by atoms with Gasteiger partial charge in [0.15, 0.2) is 0 Å². The van der Waals surface area contributed by atoms with Gasteiger partial charge in [-0.25, -0.2) is 4.39 Å². The van der Waals surface area contributed by atoms with E-state index < -0.39 is 6.10 Å². The van der Waals surface area contributed by atoms with E-state index in [1.165, 1.54) is 31.4 Å². The molecule has 1 rings (SSSR count). The number of hydrogen-bond donors (Lipinski definition) is 3. The van der Waals surface area contributed by atoms with Crippen molar-refractivity contribution in [2.45, 2.75) is 18.6 Å². The van der Waals surface area contributed by atoms with Gasteiger partial charge in [0.05, 0.1) is 12.5 Å². The topological polar surface area (TPSA) is 93.8 Å². The highest BCUT2D eigenvalue weighted by atomic mass is 35.5. The van der Waals surface area contributed by atoms with Crippen LogP contribution >= 0.6 is 12.4 Å². The number of benzene rings is 1. The summed E-state index contributed by atoms with van der Waals surface area (Å²) in [6, 6.07) is 5.46. The molecule has 0 bridgehead atoms. The highest BCUT2D eigenvalue weighted by Crippen LogP contribution is 2.11. The Kier molecular flexibility index (Phi) is 10.5. The summed E-state index contributed by atoms with van der Waals surface area (Å²) < 4.78 is 22.9. The van der Waals surface area contributed by atoms with Gasteiger partial charge < -0.3 is 25.6 Å². The van der Waals surface area contributed by atoms with Crippen LogP contribution in [0.4, 0.5) is 4.39 Å². The van der Waals surface area contributed by atoms with Crippen molar-refractivity contribution in [2.75, 3.05) is 26.8 Å². The second-order valence-corrected chi connectivity index (χ2v) is 4.52. The van der Waals surface area contributed by atoms with E-state index in [1.54, 1.807) is 0 Å². The van der Waals surface area contributed by atoms with E-state index >= 15 is 0 Å². The number of nitrogens with two attached hydrogens (primary N) is 1. The molecule has 0 aliphatic carbocycles. The molecule has 0 aromatic heterocycles. The van der Waals surface area contributed by atoms with Gasteiger partial charge in [0, 0.05) is 20.2 Å². The van der Waals surface area contributed by atoms with Gasteiger partial charge in [0.25, 0.3) is 0 Å². The first-order valence-corrected chi connectivity index (χ1v) is 6.61. The van der Waals surface area contributed by atoms with Gasteiger partial charge in [-0.1, -0.05) is 0 Å². The van der Waals surface area contributed by atoms with E-state index in [0.717, 1.165) is 0 Å². The number of halogens is 2. The lowest BCUT2D eigenvalue weighted by molar-refractivity contribution is -0.123. The SMILES string of the molecule is COC(CN)CC(=O)NCC(O)COc1ccc(F)cc1.Cl. The number of methoxy groups -OCH3 is 1. The van der Waals surface area contributed by atoms with Crippen LogP contribution in [0.15, 0.2) is 24.3 Å². The van der Waals surface area contributed by atoms with Crippen molar-refractivity contribution >= 4 is 18.3 Å². The van der Waals surface area contributed by atoms with E-state index in [-0.39, 0.29) is 56.4 Å². The lowest BCUT2D eigenvalue weighted by Gasteiger charge is -2.15. The number of amides is 1. The summed E-state index contributed by atoms with van der Waals surface area (Å²) in [5.74, 6) is -0.166. The Balaban J connectivity index is 0.00000441. The van der Waals surface area contributed by atoms with Gasteiger partial charge >= 0.3 is 0 Å². The molecule has 1 aromatic rings. The minimum atomic E-state index is -0.863. The molecule has 0 aliphatic heterocycles. The summed E-state index contributed by atoms with van der Waals surface area (Å²) in [5.41, 5.74) is 5.41. The fraction of sp³-hybridized carbons (Fsp3) is 0.500. The average molecular weight is 337 g/mol. The molecule has 1 aromatic carbocycles. The van der Waals surface area contributed by atoms with Crippen molar-refractivity contribution in [3.63, 3.8) is 0 Å². The van der Waals surface area contributed by atoms with Crippen molar-refractivity contribution in [3.05, 3.63) is 30.1 Å². The molecule has 0 radical (unpaired) electrons. The molecule has 0 saturated heterocycles. The van der Waals surface area contributed by atoms with Crippen LogP contribution in [0.2, 0.25) is 0 Å². The fourth-order valence-electron chi connectivity index (χ4n) is 1.56. The van der Waals surface area contributed by atoms with Crippen molar-refractivity contribution in [2.24, 2.45) is 5.73 Å². The number of aliphatic hydroxyl groups excluding tert-OH is 1. The normalized spacial score (nSPS) is 12.9. The van der Waals surface area contributed by atoms with E-state index in [0.29, 0.717) is 5.75 Å². The Labute approximate surface area is 135 Å². The lowest BCUT2D eigenvalue weighted by atomic mass is 10.2. The monoisotopic (exact) mass is 336 g/mol. The molecular formula is C14H22ClFN2O4. The Hall–Kier alpha value is -1.41. The fourth-order valence-corrected chi connectivity index (χ4v) is 1.56. The van der Waals surface area contributed by atoms with Gasteiger partial charge in [0.1, 0.15) is 24.3 Å². The third-order valence-corrected chi connectivity index (χ3v) is 2.80. The molecule has 2 unspecified atom stereocenters. The maximum absolute atomic E-state index is 12.7. The van der Waals surface area contributed by atoms with Crippen LogP contribution < -0.4 is 15.8 Å². The van der Waals surface area contributed by atoms with E-state index in [2.05, 4.69) is 5.32 Å². The van der Waals surface area contributed by atoms with Crippen LogP contribution in [0.5, 0.6) is 5.75 Å². The maximum atomic E-state index is 12.7. The quantitative estimate of drug-likeness (QED) is 0.609. The molecule has 1 amide bonds. The summed E-state index contributed by atoms with van der Waals surface area (Å²) in [6.07, 6.45) is -1.06. The first-order valence-electron chi connectivity index (χ1n) is 6.61. The summed E-state index contributed by atoms with van der Waals surface area (Å²) in [7, 11) is 1.48. The predicted molar refractivity (Wildman–Crippen MR) is 82.6 cm³/mol. The van der Waals surface area contributed by atoms with Crippen LogP contribution in [0.1, 0.15) is 6.42 Å². The lowest BCUT2D eigenvalue weighted by Crippen LogP contribution is -2.38. The van der Waals surface area contributed by atoms with Gasteiger partial charge in [-0.15, -0.1) is 12.4 Å². The Bertz CT molecular complexity index is 429. The van der Waals surface area contributed by atoms with Crippen LogP contribution in [0.25, 0.3) is 0 Å². The van der Waals surface area contributed by atoms with Gasteiger partial charge in [0.2, 0.25) is 5.91 Å². The van der Waals surface area contributed by atoms with Crippen LogP contribution in [-0.4, -0.2) is 50.0 Å². The van der Waals surface area contributed by atoms with Crippen molar-refractivity contribution in [1.82, 2.24) is 5.32 Å². The molecule has 0 saturated carbocycles. The molecule has 0 heterocycles. The zero-order chi connectivity index (χ0) is 15.7. The molecule has 0 aliphatic rings. The highest BCUT2D eigenvalue weighted by molar-refractivity contribution is 5.85. The molecule has 6 nitrogen and oxygen atoms in total. The standard InChI is InChI=1S/C14H21FN2O4.ClH/c1-20-13(7-16)6-14(19)17-8-11(18)9-21-12-4-2-10(15)3-5-12;/h2-5,11,13,18H,6-9,16H2,1H3,(H,17,19);1H. The molecule has 8 heteroatoms. The molecule has 0 spiro atoms.